The Bertz CT molecular complexity index is 785. The van der Waals surface area contributed by atoms with E-state index in [4.69, 9.17) is 10.5 Å². The van der Waals surface area contributed by atoms with Crippen LogP contribution in [0.2, 0.25) is 0 Å². The summed E-state index contributed by atoms with van der Waals surface area (Å²) in [6.07, 6.45) is 2.17. The van der Waals surface area contributed by atoms with E-state index >= 15 is 0 Å². The summed E-state index contributed by atoms with van der Waals surface area (Å²) in [6, 6.07) is 14.6. The van der Waals surface area contributed by atoms with E-state index in [2.05, 4.69) is 49.7 Å². The second kappa shape index (κ2) is 5.76. The summed E-state index contributed by atoms with van der Waals surface area (Å²) in [7, 11) is 0. The Kier molecular flexibility index (Phi) is 3.80. The zero-order valence-electron chi connectivity index (χ0n) is 13.3. The summed E-state index contributed by atoms with van der Waals surface area (Å²) < 4.78 is 8.20. The molecule has 114 valence electrons. The Balaban J connectivity index is 1.92. The molecular formula is C19H22N2O. The molecule has 0 aliphatic heterocycles. The van der Waals surface area contributed by atoms with Crippen LogP contribution in [0, 0.1) is 6.92 Å². The maximum atomic E-state index is 5.95. The standard InChI is InChI=1S/C19H22N2O/c1-13(2)21-11-15(18-10-16(20)6-9-19(18)21)12-22-17-7-4-14(3)5-8-17/h4-11,13H,12,20H2,1-3H3. The Labute approximate surface area is 131 Å². The van der Waals surface area contributed by atoms with Crippen LogP contribution in [0.3, 0.4) is 0 Å². The molecule has 0 saturated heterocycles. The van der Waals surface area contributed by atoms with Gasteiger partial charge in [-0.1, -0.05) is 17.7 Å². The minimum Gasteiger partial charge on any atom is -0.489 e. The molecule has 0 radical (unpaired) electrons. The lowest BCUT2D eigenvalue weighted by atomic mass is 10.1. The number of hydrogen-bond acceptors (Lipinski definition) is 2. The van der Waals surface area contributed by atoms with Crippen molar-refractivity contribution in [2.75, 3.05) is 5.73 Å². The highest BCUT2D eigenvalue weighted by Crippen LogP contribution is 2.27. The summed E-state index contributed by atoms with van der Waals surface area (Å²) in [5.74, 6) is 0.889. The molecule has 0 saturated carbocycles. The second-order valence-corrected chi connectivity index (χ2v) is 6.03. The Morgan fingerprint density at radius 3 is 2.50 bits per heavy atom. The molecule has 22 heavy (non-hydrogen) atoms. The number of nitrogens with two attached hydrogens (primary N) is 1. The average molecular weight is 294 g/mol. The number of aromatic nitrogens is 1. The fraction of sp³-hybridized carbons (Fsp3) is 0.263. The zero-order chi connectivity index (χ0) is 15.7. The molecule has 0 spiro atoms. The van der Waals surface area contributed by atoms with Gasteiger partial charge in [-0.3, -0.25) is 0 Å². The van der Waals surface area contributed by atoms with Crippen molar-refractivity contribution in [3.05, 3.63) is 59.8 Å². The largest absolute Gasteiger partial charge is 0.489 e. The molecule has 3 aromatic rings. The van der Waals surface area contributed by atoms with Crippen LogP contribution < -0.4 is 10.5 Å². The number of ether oxygens (including phenoxy) is 1. The van der Waals surface area contributed by atoms with E-state index in [0.717, 1.165) is 17.0 Å². The molecule has 1 aromatic heterocycles. The maximum Gasteiger partial charge on any atom is 0.119 e. The van der Waals surface area contributed by atoms with Gasteiger partial charge in [0.1, 0.15) is 12.4 Å². The predicted molar refractivity (Wildman–Crippen MR) is 92.2 cm³/mol. The van der Waals surface area contributed by atoms with Crippen molar-refractivity contribution in [3.8, 4) is 5.75 Å². The maximum absolute atomic E-state index is 5.95. The molecule has 0 fully saturated rings. The normalized spacial score (nSPS) is 11.3. The molecular weight excluding hydrogens is 272 g/mol. The lowest BCUT2D eigenvalue weighted by Gasteiger charge is -2.08. The van der Waals surface area contributed by atoms with Crippen LogP contribution in [-0.4, -0.2) is 4.57 Å². The van der Waals surface area contributed by atoms with Gasteiger partial charge in [-0.2, -0.15) is 0 Å². The molecule has 2 N–H and O–H groups in total. The van der Waals surface area contributed by atoms with E-state index in [9.17, 15) is 0 Å². The first-order valence-corrected chi connectivity index (χ1v) is 7.63. The summed E-state index contributed by atoms with van der Waals surface area (Å²) in [5, 5.41) is 1.17. The lowest BCUT2D eigenvalue weighted by molar-refractivity contribution is 0.307. The molecule has 3 rings (SSSR count). The summed E-state index contributed by atoms with van der Waals surface area (Å²) in [4.78, 5) is 0. The highest BCUT2D eigenvalue weighted by molar-refractivity contribution is 5.87. The second-order valence-electron chi connectivity index (χ2n) is 6.03. The fourth-order valence-corrected chi connectivity index (χ4v) is 2.68. The predicted octanol–water partition coefficient (Wildman–Crippen LogP) is 4.69. The first kappa shape index (κ1) is 14.5. The van der Waals surface area contributed by atoms with Crippen LogP contribution in [0.5, 0.6) is 5.75 Å². The molecule has 1 heterocycles. The smallest absolute Gasteiger partial charge is 0.119 e. The molecule has 3 heteroatoms. The number of hydrogen-bond donors (Lipinski definition) is 1. The van der Waals surface area contributed by atoms with Gasteiger partial charge >= 0.3 is 0 Å². The lowest BCUT2D eigenvalue weighted by Crippen LogP contribution is -1.98. The SMILES string of the molecule is Cc1ccc(OCc2cn(C(C)C)c3ccc(N)cc23)cc1. The minimum absolute atomic E-state index is 0.402. The summed E-state index contributed by atoms with van der Waals surface area (Å²) in [6.45, 7) is 6.98. The van der Waals surface area contributed by atoms with Crippen molar-refractivity contribution < 1.29 is 4.74 Å². The van der Waals surface area contributed by atoms with E-state index in [1.165, 1.54) is 16.5 Å². The Morgan fingerprint density at radius 1 is 1.09 bits per heavy atom. The van der Waals surface area contributed by atoms with E-state index in [0.29, 0.717) is 12.6 Å². The number of fused-ring (bicyclic) bond motifs is 1. The van der Waals surface area contributed by atoms with Crippen molar-refractivity contribution in [1.29, 1.82) is 0 Å². The van der Waals surface area contributed by atoms with Crippen LogP contribution in [0.4, 0.5) is 5.69 Å². The molecule has 0 aliphatic rings. The van der Waals surface area contributed by atoms with Gasteiger partial charge in [-0.25, -0.2) is 0 Å². The molecule has 0 bridgehead atoms. The first-order valence-electron chi connectivity index (χ1n) is 7.63. The van der Waals surface area contributed by atoms with Gasteiger partial charge in [0.25, 0.3) is 0 Å². The average Bonchev–Trinajstić information content (AvgIpc) is 2.85. The van der Waals surface area contributed by atoms with Crippen LogP contribution in [0.25, 0.3) is 10.9 Å². The van der Waals surface area contributed by atoms with Gasteiger partial charge in [0, 0.05) is 34.4 Å². The van der Waals surface area contributed by atoms with E-state index < -0.39 is 0 Å². The third-order valence-electron chi connectivity index (χ3n) is 3.91. The van der Waals surface area contributed by atoms with Crippen LogP contribution in [0.1, 0.15) is 31.0 Å². The minimum atomic E-state index is 0.402. The van der Waals surface area contributed by atoms with Crippen LogP contribution in [0.15, 0.2) is 48.7 Å². The topological polar surface area (TPSA) is 40.2 Å². The number of nitrogens with zero attached hydrogens (tertiary/aromatic N) is 1. The zero-order valence-corrected chi connectivity index (χ0v) is 13.3. The fourth-order valence-electron chi connectivity index (χ4n) is 2.68. The third kappa shape index (κ3) is 2.80. The third-order valence-corrected chi connectivity index (χ3v) is 3.91. The van der Waals surface area contributed by atoms with Gasteiger partial charge in [0.2, 0.25) is 0 Å². The first-order chi connectivity index (χ1) is 10.5. The van der Waals surface area contributed by atoms with E-state index in [-0.39, 0.29) is 0 Å². The number of benzene rings is 2. The van der Waals surface area contributed by atoms with Crippen molar-refractivity contribution in [3.63, 3.8) is 0 Å². The van der Waals surface area contributed by atoms with Crippen molar-refractivity contribution in [2.45, 2.75) is 33.4 Å². The Hall–Kier alpha value is -2.42. The van der Waals surface area contributed by atoms with Gasteiger partial charge < -0.3 is 15.0 Å². The highest BCUT2D eigenvalue weighted by Gasteiger charge is 2.11. The molecule has 0 amide bonds. The number of aryl methyl sites for hydroxylation is 1. The molecule has 0 unspecified atom stereocenters. The van der Waals surface area contributed by atoms with E-state index in [1.807, 2.05) is 24.3 Å². The quantitative estimate of drug-likeness (QED) is 0.709. The highest BCUT2D eigenvalue weighted by atomic mass is 16.5. The van der Waals surface area contributed by atoms with Gasteiger partial charge in [0.05, 0.1) is 0 Å². The Morgan fingerprint density at radius 2 is 1.82 bits per heavy atom. The molecule has 0 atom stereocenters. The summed E-state index contributed by atoms with van der Waals surface area (Å²) >= 11 is 0. The van der Waals surface area contributed by atoms with Crippen molar-refractivity contribution in [1.82, 2.24) is 4.57 Å². The van der Waals surface area contributed by atoms with E-state index in [1.54, 1.807) is 0 Å². The van der Waals surface area contributed by atoms with Crippen molar-refractivity contribution >= 4 is 16.6 Å². The van der Waals surface area contributed by atoms with Crippen molar-refractivity contribution in [2.24, 2.45) is 0 Å². The molecule has 3 nitrogen and oxygen atoms in total. The van der Waals surface area contributed by atoms with Crippen LogP contribution >= 0.6 is 0 Å². The number of rotatable bonds is 4. The number of nitrogen functional groups attached to an aromatic ring is 1. The monoisotopic (exact) mass is 294 g/mol. The van der Waals surface area contributed by atoms with Gasteiger partial charge in [-0.05, 0) is 51.1 Å². The summed E-state index contributed by atoms with van der Waals surface area (Å²) in [5.41, 5.74) is 10.3. The van der Waals surface area contributed by atoms with Gasteiger partial charge in [-0.15, -0.1) is 0 Å². The van der Waals surface area contributed by atoms with Crippen LogP contribution in [-0.2, 0) is 6.61 Å². The molecule has 2 aromatic carbocycles. The molecule has 0 aliphatic carbocycles. The number of anilines is 1. The van der Waals surface area contributed by atoms with Gasteiger partial charge in [0.15, 0.2) is 0 Å².